The van der Waals surface area contributed by atoms with E-state index in [9.17, 15) is 4.11 Å². The van der Waals surface area contributed by atoms with Gasteiger partial charge < -0.3 is 9.01 Å². The van der Waals surface area contributed by atoms with E-state index in [2.05, 4.69) is 4.90 Å². The molecule has 0 aliphatic rings. The molecule has 15 heavy (non-hydrogen) atoms. The quantitative estimate of drug-likeness (QED) is 0.562. The summed E-state index contributed by atoms with van der Waals surface area (Å²) in [5.74, 6) is 0. The monoisotopic (exact) mass is 225 g/mol. The van der Waals surface area contributed by atoms with Crippen molar-refractivity contribution in [1.82, 2.24) is 4.90 Å². The van der Waals surface area contributed by atoms with E-state index in [4.69, 9.17) is 0 Å². The highest BCUT2D eigenvalue weighted by molar-refractivity contribution is 6.85. The van der Waals surface area contributed by atoms with Gasteiger partial charge in [0.05, 0.1) is 0 Å². The molecule has 0 N–H and O–H groups in total. The van der Waals surface area contributed by atoms with Crippen LogP contribution in [0.3, 0.4) is 0 Å². The van der Waals surface area contributed by atoms with E-state index in [-0.39, 0.29) is 0 Å². The summed E-state index contributed by atoms with van der Waals surface area (Å²) in [4.78, 5) is 2.08. The molecule has 3 heteroatoms. The molecule has 0 saturated heterocycles. The summed E-state index contributed by atoms with van der Waals surface area (Å²) in [6.07, 6.45) is 0. The fraction of sp³-hybridized carbons (Fsp3) is 0.500. The number of nitrogens with zero attached hydrogens (tertiary/aromatic N) is 1. The van der Waals surface area contributed by atoms with Crippen LogP contribution >= 0.6 is 0 Å². The minimum absolute atomic E-state index is 0.650. The van der Waals surface area contributed by atoms with E-state index in [1.807, 2.05) is 45.3 Å². The molecule has 1 unspecified atom stereocenters. The van der Waals surface area contributed by atoms with Crippen molar-refractivity contribution in [3.05, 3.63) is 29.8 Å². The average molecular weight is 225 g/mol. The van der Waals surface area contributed by atoms with E-state index >= 15 is 0 Å². The van der Waals surface area contributed by atoms with Crippen LogP contribution in [0.25, 0.3) is 0 Å². The number of hydrogen-bond donors (Lipinski definition) is 0. The van der Waals surface area contributed by atoms with Crippen molar-refractivity contribution in [1.29, 1.82) is 0 Å². The number of halogens is 1. The molecule has 0 heterocycles. The first-order valence-corrected chi connectivity index (χ1v) is 7.98. The molecule has 0 aromatic heterocycles. The Morgan fingerprint density at radius 1 is 1.27 bits per heavy atom. The Kier molecular flexibility index (Phi) is 4.05. The zero-order chi connectivity index (χ0) is 11.5. The lowest BCUT2D eigenvalue weighted by molar-refractivity contribution is 0.403. The molecular weight excluding hydrogens is 205 g/mol. The Labute approximate surface area is 93.1 Å². The summed E-state index contributed by atoms with van der Waals surface area (Å²) < 4.78 is 14.4. The Morgan fingerprint density at radius 3 is 2.40 bits per heavy atom. The van der Waals surface area contributed by atoms with Gasteiger partial charge in [-0.3, -0.25) is 0 Å². The van der Waals surface area contributed by atoms with Crippen LogP contribution < -0.4 is 5.19 Å². The summed E-state index contributed by atoms with van der Waals surface area (Å²) in [5.41, 5.74) is 1.14. The Bertz CT molecular complexity index is 323. The van der Waals surface area contributed by atoms with Gasteiger partial charge in [-0.05, 0) is 37.4 Å². The number of hydrogen-bond acceptors (Lipinski definition) is 1. The van der Waals surface area contributed by atoms with E-state index in [1.165, 1.54) is 0 Å². The third-order valence-electron chi connectivity index (χ3n) is 2.73. The molecule has 0 radical (unpaired) electrons. The van der Waals surface area contributed by atoms with Gasteiger partial charge in [0.15, 0.2) is 0 Å². The maximum atomic E-state index is 14.4. The molecule has 1 rings (SSSR count). The highest BCUT2D eigenvalue weighted by Gasteiger charge is 2.30. The summed E-state index contributed by atoms with van der Waals surface area (Å²) >= 11 is 0. The first-order chi connectivity index (χ1) is 6.97. The summed E-state index contributed by atoms with van der Waals surface area (Å²) in [5, 5.41) is 0.959. The van der Waals surface area contributed by atoms with Crippen molar-refractivity contribution in [2.45, 2.75) is 26.1 Å². The van der Waals surface area contributed by atoms with Crippen molar-refractivity contribution in [2.24, 2.45) is 0 Å². The SMILES string of the molecule is CC[Si](C)(F)c1ccccc1CN(C)C. The molecule has 1 aromatic rings. The predicted molar refractivity (Wildman–Crippen MR) is 66.7 cm³/mol. The Hall–Kier alpha value is -0.673. The average Bonchev–Trinajstić information content (AvgIpc) is 2.17. The minimum Gasteiger partial charge on any atom is -0.308 e. The molecule has 0 fully saturated rings. The lowest BCUT2D eigenvalue weighted by Gasteiger charge is -2.21. The van der Waals surface area contributed by atoms with Gasteiger partial charge >= 0.3 is 0 Å². The van der Waals surface area contributed by atoms with Crippen LogP contribution in [-0.2, 0) is 6.54 Å². The predicted octanol–water partition coefficient (Wildman–Crippen LogP) is 2.52. The van der Waals surface area contributed by atoms with Crippen molar-refractivity contribution >= 4 is 13.6 Å². The summed E-state index contributed by atoms with van der Waals surface area (Å²) in [7, 11) is 1.34. The molecule has 0 aliphatic heterocycles. The fourth-order valence-corrected chi connectivity index (χ4v) is 3.35. The van der Waals surface area contributed by atoms with Crippen LogP contribution in [-0.4, -0.2) is 27.4 Å². The van der Waals surface area contributed by atoms with Crippen LogP contribution in [0.4, 0.5) is 4.11 Å². The minimum atomic E-state index is -2.69. The first kappa shape index (κ1) is 12.4. The maximum absolute atomic E-state index is 14.4. The van der Waals surface area contributed by atoms with Crippen LogP contribution in [0.5, 0.6) is 0 Å². The summed E-state index contributed by atoms with van der Waals surface area (Å²) in [6, 6.07) is 8.57. The lowest BCUT2D eigenvalue weighted by atomic mass is 10.2. The zero-order valence-corrected chi connectivity index (χ0v) is 11.0. The van der Waals surface area contributed by atoms with E-state index in [1.54, 1.807) is 6.55 Å². The van der Waals surface area contributed by atoms with E-state index < -0.39 is 8.41 Å². The fourth-order valence-electron chi connectivity index (χ4n) is 1.70. The standard InChI is InChI=1S/C12H20FNSi/c1-5-15(4,13)12-9-7-6-8-11(12)10-14(2)3/h6-9H,5,10H2,1-4H3. The molecule has 0 saturated carbocycles. The Balaban J connectivity index is 3.06. The van der Waals surface area contributed by atoms with Crippen molar-refractivity contribution in [3.63, 3.8) is 0 Å². The van der Waals surface area contributed by atoms with Gasteiger partial charge in [0.2, 0.25) is 0 Å². The molecule has 1 atom stereocenters. The van der Waals surface area contributed by atoms with E-state index in [0.717, 1.165) is 17.3 Å². The topological polar surface area (TPSA) is 3.24 Å². The molecule has 84 valence electrons. The van der Waals surface area contributed by atoms with Crippen LogP contribution in [0.2, 0.25) is 12.6 Å². The number of benzene rings is 1. The van der Waals surface area contributed by atoms with Crippen molar-refractivity contribution in [2.75, 3.05) is 14.1 Å². The molecule has 1 aromatic carbocycles. The van der Waals surface area contributed by atoms with Gasteiger partial charge in [0, 0.05) is 6.54 Å². The van der Waals surface area contributed by atoms with Crippen molar-refractivity contribution < 1.29 is 4.11 Å². The highest BCUT2D eigenvalue weighted by atomic mass is 28.4. The van der Waals surface area contributed by atoms with Crippen LogP contribution in [0.1, 0.15) is 12.5 Å². The van der Waals surface area contributed by atoms with Crippen molar-refractivity contribution in [3.8, 4) is 0 Å². The zero-order valence-electron chi connectivity index (χ0n) is 10.0. The number of rotatable bonds is 4. The largest absolute Gasteiger partial charge is 0.308 e. The third kappa shape index (κ3) is 3.14. The van der Waals surface area contributed by atoms with Gasteiger partial charge in [-0.25, -0.2) is 0 Å². The molecule has 0 amide bonds. The second kappa shape index (κ2) is 4.90. The van der Waals surface area contributed by atoms with Crippen LogP contribution in [0, 0.1) is 0 Å². The van der Waals surface area contributed by atoms with E-state index in [0.29, 0.717) is 6.04 Å². The smallest absolute Gasteiger partial charge is 0.274 e. The maximum Gasteiger partial charge on any atom is 0.274 e. The molecule has 1 nitrogen and oxygen atoms in total. The first-order valence-electron chi connectivity index (χ1n) is 5.39. The molecule has 0 bridgehead atoms. The highest BCUT2D eigenvalue weighted by Crippen LogP contribution is 2.14. The van der Waals surface area contributed by atoms with Gasteiger partial charge in [-0.15, -0.1) is 0 Å². The molecule has 0 spiro atoms. The Morgan fingerprint density at radius 2 is 1.87 bits per heavy atom. The molecular formula is C12H20FNSi. The summed E-state index contributed by atoms with van der Waals surface area (Å²) in [6.45, 7) is 4.56. The molecule has 0 aliphatic carbocycles. The van der Waals surface area contributed by atoms with Crippen LogP contribution in [0.15, 0.2) is 24.3 Å². The lowest BCUT2D eigenvalue weighted by Crippen LogP contribution is -2.42. The van der Waals surface area contributed by atoms with Gasteiger partial charge in [0.25, 0.3) is 8.41 Å². The second-order valence-electron chi connectivity index (χ2n) is 4.45. The second-order valence-corrected chi connectivity index (χ2v) is 8.09. The van der Waals surface area contributed by atoms with Gasteiger partial charge in [-0.1, -0.05) is 31.2 Å². The van der Waals surface area contributed by atoms with Gasteiger partial charge in [-0.2, -0.15) is 0 Å². The normalized spacial score (nSPS) is 15.3. The van der Waals surface area contributed by atoms with Gasteiger partial charge in [0.1, 0.15) is 0 Å². The third-order valence-corrected chi connectivity index (χ3v) is 5.67.